The number of carboxylic acids is 1. The molecule has 14 heteroatoms. The molecule has 41 heavy (non-hydrogen) atoms. The Hall–Kier alpha value is -3.75. The highest BCUT2D eigenvalue weighted by Gasteiger charge is 2.30. The van der Waals surface area contributed by atoms with E-state index in [0.29, 0.717) is 45.2 Å². The standard InChI is InChI=1S/C27H47N9O5/c28-14-6-4-11-20(34-23(37)19(30)17-18-9-2-1-3-10-18)24(38)35-21(12-5-7-15-29)25(39)36-22(26(40)41)13-8-16-33-27(31)32/h1-3,9-10,19-22H,4-8,11-17,28-30H2,(H,34,37)(H,35,38)(H,36,39)(H,40,41)(H4,31,32,33). The van der Waals surface area contributed by atoms with Crippen molar-refractivity contribution in [3.05, 3.63) is 35.9 Å². The van der Waals surface area contributed by atoms with Gasteiger partial charge in [0, 0.05) is 6.54 Å². The molecule has 0 aliphatic rings. The molecule has 0 spiro atoms. The van der Waals surface area contributed by atoms with E-state index in [0.717, 1.165) is 5.56 Å². The fourth-order valence-electron chi connectivity index (χ4n) is 4.07. The molecule has 0 saturated carbocycles. The number of benzene rings is 1. The van der Waals surface area contributed by atoms with Crippen molar-refractivity contribution in [3.63, 3.8) is 0 Å². The van der Waals surface area contributed by atoms with Crippen LogP contribution in [0.5, 0.6) is 0 Å². The van der Waals surface area contributed by atoms with E-state index in [-0.39, 0.29) is 38.2 Å². The Morgan fingerprint density at radius 3 is 1.71 bits per heavy atom. The lowest BCUT2D eigenvalue weighted by atomic mass is 10.0. The van der Waals surface area contributed by atoms with Gasteiger partial charge in [0.1, 0.15) is 18.1 Å². The normalized spacial score (nSPS) is 13.7. The van der Waals surface area contributed by atoms with E-state index >= 15 is 0 Å². The first-order valence-corrected chi connectivity index (χ1v) is 14.0. The van der Waals surface area contributed by atoms with Gasteiger partial charge in [0.25, 0.3) is 0 Å². The van der Waals surface area contributed by atoms with Crippen LogP contribution in [0.4, 0.5) is 0 Å². The van der Waals surface area contributed by atoms with E-state index in [1.165, 1.54) is 0 Å². The summed E-state index contributed by atoms with van der Waals surface area (Å²) in [4.78, 5) is 54.9. The minimum Gasteiger partial charge on any atom is -0.480 e. The van der Waals surface area contributed by atoms with Gasteiger partial charge in [-0.05, 0) is 76.4 Å². The molecule has 0 heterocycles. The number of carbonyl (C=O) groups excluding carboxylic acids is 3. The number of nitrogens with two attached hydrogens (primary N) is 5. The van der Waals surface area contributed by atoms with Crippen molar-refractivity contribution in [2.45, 2.75) is 82.0 Å². The number of carbonyl (C=O) groups is 4. The molecule has 0 bridgehead atoms. The predicted octanol–water partition coefficient (Wildman–Crippen LogP) is -1.59. The monoisotopic (exact) mass is 577 g/mol. The second-order valence-electron chi connectivity index (χ2n) is 9.84. The first kappa shape index (κ1) is 35.3. The van der Waals surface area contributed by atoms with Crippen molar-refractivity contribution >= 4 is 29.7 Å². The summed E-state index contributed by atoms with van der Waals surface area (Å²) in [5, 5.41) is 17.5. The van der Waals surface area contributed by atoms with Gasteiger partial charge < -0.3 is 49.7 Å². The number of unbranched alkanes of at least 4 members (excludes halogenated alkanes) is 2. The van der Waals surface area contributed by atoms with Crippen LogP contribution in [0.2, 0.25) is 0 Å². The third-order valence-corrected chi connectivity index (χ3v) is 6.35. The fourth-order valence-corrected chi connectivity index (χ4v) is 4.07. The molecule has 4 unspecified atom stereocenters. The predicted molar refractivity (Wildman–Crippen MR) is 157 cm³/mol. The Kier molecular flexibility index (Phi) is 17.4. The van der Waals surface area contributed by atoms with E-state index in [4.69, 9.17) is 28.7 Å². The molecule has 0 aromatic heterocycles. The van der Waals surface area contributed by atoms with Gasteiger partial charge in [0.15, 0.2) is 5.96 Å². The summed E-state index contributed by atoms with van der Waals surface area (Å²) in [6.07, 6.45) is 3.51. The van der Waals surface area contributed by atoms with Crippen molar-refractivity contribution in [1.82, 2.24) is 16.0 Å². The molecular weight excluding hydrogens is 530 g/mol. The smallest absolute Gasteiger partial charge is 0.326 e. The Labute approximate surface area is 241 Å². The molecule has 0 aliphatic carbocycles. The minimum absolute atomic E-state index is 0.0817. The molecule has 3 amide bonds. The van der Waals surface area contributed by atoms with Gasteiger partial charge in [0.2, 0.25) is 17.7 Å². The molecule has 0 aliphatic heterocycles. The Morgan fingerprint density at radius 2 is 1.22 bits per heavy atom. The number of nitrogens with one attached hydrogen (secondary N) is 3. The molecule has 1 aromatic rings. The van der Waals surface area contributed by atoms with E-state index < -0.39 is 47.9 Å². The maximum atomic E-state index is 13.3. The quantitative estimate of drug-likeness (QED) is 0.0459. The average molecular weight is 578 g/mol. The Balaban J connectivity index is 2.96. The summed E-state index contributed by atoms with van der Waals surface area (Å²) in [5.74, 6) is -3.07. The van der Waals surface area contributed by atoms with Crippen LogP contribution in [-0.2, 0) is 25.6 Å². The number of hydrogen-bond donors (Lipinski definition) is 9. The highest BCUT2D eigenvalue weighted by Crippen LogP contribution is 2.08. The van der Waals surface area contributed by atoms with E-state index in [2.05, 4.69) is 20.9 Å². The zero-order valence-electron chi connectivity index (χ0n) is 23.6. The topological polar surface area (TPSA) is 267 Å². The molecule has 1 aromatic carbocycles. The van der Waals surface area contributed by atoms with Gasteiger partial charge in [-0.15, -0.1) is 0 Å². The van der Waals surface area contributed by atoms with Crippen LogP contribution in [0.3, 0.4) is 0 Å². The molecule has 14 N–H and O–H groups in total. The lowest BCUT2D eigenvalue weighted by molar-refractivity contribution is -0.142. The summed E-state index contributed by atoms with van der Waals surface area (Å²) in [6, 6.07) is 5.16. The summed E-state index contributed by atoms with van der Waals surface area (Å²) >= 11 is 0. The lowest BCUT2D eigenvalue weighted by Crippen LogP contribution is -2.57. The number of carboxylic acid groups (broad SMARTS) is 1. The summed E-state index contributed by atoms with van der Waals surface area (Å²) in [6.45, 7) is 1.01. The first-order chi connectivity index (χ1) is 19.6. The average Bonchev–Trinajstić information content (AvgIpc) is 2.93. The van der Waals surface area contributed by atoms with Crippen LogP contribution in [0.25, 0.3) is 0 Å². The van der Waals surface area contributed by atoms with Crippen molar-refractivity contribution in [2.24, 2.45) is 33.7 Å². The molecule has 14 nitrogen and oxygen atoms in total. The zero-order chi connectivity index (χ0) is 30.6. The second-order valence-corrected chi connectivity index (χ2v) is 9.84. The van der Waals surface area contributed by atoms with Crippen LogP contribution in [0.1, 0.15) is 56.9 Å². The van der Waals surface area contributed by atoms with Crippen LogP contribution < -0.4 is 44.6 Å². The molecular formula is C27H47N9O5. The Bertz CT molecular complexity index is 973. The van der Waals surface area contributed by atoms with Crippen molar-refractivity contribution in [1.29, 1.82) is 0 Å². The van der Waals surface area contributed by atoms with Gasteiger partial charge >= 0.3 is 5.97 Å². The third kappa shape index (κ3) is 15.0. The molecule has 0 saturated heterocycles. The number of aliphatic imine (C=N–C) groups is 1. The van der Waals surface area contributed by atoms with Crippen LogP contribution in [0.15, 0.2) is 35.3 Å². The number of rotatable bonds is 21. The van der Waals surface area contributed by atoms with Crippen molar-refractivity contribution < 1.29 is 24.3 Å². The van der Waals surface area contributed by atoms with Gasteiger partial charge in [-0.2, -0.15) is 0 Å². The van der Waals surface area contributed by atoms with Crippen LogP contribution >= 0.6 is 0 Å². The SMILES string of the molecule is NCCCCC(NC(=O)C(N)Cc1ccccc1)C(=O)NC(CCCCN)C(=O)NC(CCCN=C(N)N)C(=O)O. The lowest BCUT2D eigenvalue weighted by Gasteiger charge is -2.25. The fraction of sp³-hybridized carbons (Fsp3) is 0.593. The molecule has 230 valence electrons. The summed E-state index contributed by atoms with van der Waals surface area (Å²) in [5.41, 5.74) is 28.8. The third-order valence-electron chi connectivity index (χ3n) is 6.35. The second kappa shape index (κ2) is 20.2. The summed E-state index contributed by atoms with van der Waals surface area (Å²) < 4.78 is 0. The van der Waals surface area contributed by atoms with E-state index in [1.54, 1.807) is 0 Å². The van der Waals surface area contributed by atoms with Crippen molar-refractivity contribution in [3.8, 4) is 0 Å². The van der Waals surface area contributed by atoms with Gasteiger partial charge in [-0.25, -0.2) is 4.79 Å². The summed E-state index contributed by atoms with van der Waals surface area (Å²) in [7, 11) is 0. The molecule has 1 rings (SSSR count). The maximum absolute atomic E-state index is 13.3. The number of nitrogens with zero attached hydrogens (tertiary/aromatic N) is 1. The Morgan fingerprint density at radius 1 is 0.732 bits per heavy atom. The van der Waals surface area contributed by atoms with Crippen molar-refractivity contribution in [2.75, 3.05) is 19.6 Å². The minimum atomic E-state index is -1.23. The number of amides is 3. The highest BCUT2D eigenvalue weighted by molar-refractivity contribution is 5.94. The van der Waals surface area contributed by atoms with Crippen LogP contribution in [-0.4, -0.2) is 78.6 Å². The first-order valence-electron chi connectivity index (χ1n) is 14.0. The van der Waals surface area contributed by atoms with Crippen LogP contribution in [0, 0.1) is 0 Å². The number of aliphatic carboxylic acids is 1. The molecule has 0 radical (unpaired) electrons. The van der Waals surface area contributed by atoms with E-state index in [9.17, 15) is 24.3 Å². The van der Waals surface area contributed by atoms with Gasteiger partial charge in [-0.1, -0.05) is 30.3 Å². The van der Waals surface area contributed by atoms with E-state index in [1.807, 2.05) is 30.3 Å². The molecule has 0 fully saturated rings. The highest BCUT2D eigenvalue weighted by atomic mass is 16.4. The van der Waals surface area contributed by atoms with Gasteiger partial charge in [0.05, 0.1) is 6.04 Å². The number of guanidine groups is 1. The largest absolute Gasteiger partial charge is 0.480 e. The molecule has 4 atom stereocenters. The maximum Gasteiger partial charge on any atom is 0.326 e. The zero-order valence-corrected chi connectivity index (χ0v) is 23.6. The van der Waals surface area contributed by atoms with Gasteiger partial charge in [-0.3, -0.25) is 19.4 Å². The number of hydrogen-bond acceptors (Lipinski definition) is 8.